The number of nitrogens with one attached hydrogen (secondary N) is 4. The molecule has 4 fully saturated rings. The van der Waals surface area contributed by atoms with E-state index in [9.17, 15) is 20.8 Å². The van der Waals surface area contributed by atoms with Gasteiger partial charge in [-0.05, 0) is 64.2 Å². The fraction of sp³-hybridized carbons (Fsp3) is 0.957. The van der Waals surface area contributed by atoms with Crippen molar-refractivity contribution in [3.8, 4) is 0 Å². The number of likely N-dealkylation sites (tertiary alicyclic amines) is 1. The number of hydroxylamine groups is 4. The van der Waals surface area contributed by atoms with Crippen molar-refractivity contribution in [2.24, 2.45) is 16.9 Å². The van der Waals surface area contributed by atoms with Crippen molar-refractivity contribution in [3.05, 3.63) is 10.4 Å². The Hall–Kier alpha value is -0.520. The number of quaternary nitrogens is 3. The van der Waals surface area contributed by atoms with Crippen molar-refractivity contribution in [2.75, 3.05) is 13.1 Å². The van der Waals surface area contributed by atoms with Crippen molar-refractivity contribution < 1.29 is 25.8 Å². The van der Waals surface area contributed by atoms with Crippen molar-refractivity contribution in [2.45, 2.75) is 113 Å². The molecule has 0 aromatic rings. The lowest BCUT2D eigenvalue weighted by molar-refractivity contribution is -1.09. The molecule has 33 heavy (non-hydrogen) atoms. The minimum atomic E-state index is -0.926. The Kier molecular flexibility index (Phi) is 9.26. The van der Waals surface area contributed by atoms with Crippen LogP contribution in [0.3, 0.4) is 0 Å². The highest BCUT2D eigenvalue weighted by Crippen LogP contribution is 2.30. The lowest BCUT2D eigenvalue weighted by Gasteiger charge is -2.42. The second-order valence-electron chi connectivity index (χ2n) is 11.0. The van der Waals surface area contributed by atoms with Crippen LogP contribution in [0.15, 0.2) is 5.10 Å². The number of halogens is 1. The number of nitrogens with zero attached hydrogens (tertiary/aromatic N) is 1. The monoisotopic (exact) mass is 488 g/mol. The molecule has 4 rings (SSSR count). The smallest absolute Gasteiger partial charge is 0.144 e. The Morgan fingerprint density at radius 1 is 0.939 bits per heavy atom. The van der Waals surface area contributed by atoms with Gasteiger partial charge in [0.05, 0.1) is 30.8 Å². The summed E-state index contributed by atoms with van der Waals surface area (Å²) in [6.07, 6.45) is 13.3. The van der Waals surface area contributed by atoms with Crippen molar-refractivity contribution in [3.63, 3.8) is 0 Å². The summed E-state index contributed by atoms with van der Waals surface area (Å²) in [4.78, 5) is 1.67. The molecule has 0 radical (unpaired) electrons. The maximum atomic E-state index is 11.9. The molecule has 3 saturated carbocycles. The summed E-state index contributed by atoms with van der Waals surface area (Å²) in [7, 11) is 0. The number of hydrazone groups is 1. The van der Waals surface area contributed by atoms with Gasteiger partial charge in [0.25, 0.3) is 0 Å². The number of hydrogen-bond acceptors (Lipinski definition) is 6. The fourth-order valence-electron chi connectivity index (χ4n) is 6.97. The second-order valence-corrected chi connectivity index (χ2v) is 11.6. The Bertz CT molecular complexity index is 644. The van der Waals surface area contributed by atoms with Crippen molar-refractivity contribution >= 4 is 17.3 Å². The third kappa shape index (κ3) is 6.58. The van der Waals surface area contributed by atoms with Crippen LogP contribution in [0.4, 0.5) is 0 Å². The maximum Gasteiger partial charge on any atom is 0.144 e. The first-order chi connectivity index (χ1) is 15.9. The van der Waals surface area contributed by atoms with Gasteiger partial charge in [0.2, 0.25) is 0 Å². The Balaban J connectivity index is 1.47. The van der Waals surface area contributed by atoms with Crippen LogP contribution < -0.4 is 20.8 Å². The maximum absolute atomic E-state index is 11.9. The zero-order chi connectivity index (χ0) is 23.4. The van der Waals surface area contributed by atoms with Gasteiger partial charge in [-0.2, -0.15) is 5.10 Å². The van der Waals surface area contributed by atoms with Crippen molar-refractivity contribution in [1.82, 2.24) is 5.43 Å². The minimum absolute atomic E-state index is 0.172. The predicted octanol–water partition coefficient (Wildman–Crippen LogP) is -0.199. The van der Waals surface area contributed by atoms with Gasteiger partial charge in [-0.3, -0.25) is 0 Å². The predicted molar refractivity (Wildman–Crippen MR) is 125 cm³/mol. The summed E-state index contributed by atoms with van der Waals surface area (Å²) in [5.41, 5.74) is 4.44. The van der Waals surface area contributed by atoms with E-state index < -0.39 is 22.5 Å². The van der Waals surface area contributed by atoms with Crippen LogP contribution in [0.2, 0.25) is 0 Å². The summed E-state index contributed by atoms with van der Waals surface area (Å²) in [5, 5.41) is 45.8. The van der Waals surface area contributed by atoms with E-state index in [0.29, 0.717) is 18.8 Å². The SMILES string of the molecule is [O-][NH+](O)C1CCC(NN=C(C[NH+]2CCCC3CCCCC32)C2CCC(Cl)CC2)C([NH+]([O-])O)C1. The molecule has 0 bridgehead atoms. The molecule has 190 valence electrons. The van der Waals surface area contributed by atoms with Crippen LogP contribution in [0.1, 0.15) is 83.5 Å². The molecule has 6 N–H and O–H groups in total. The first kappa shape index (κ1) is 25.6. The van der Waals surface area contributed by atoms with E-state index in [1.165, 1.54) is 50.8 Å². The van der Waals surface area contributed by atoms with E-state index in [0.717, 1.165) is 44.2 Å². The molecule has 0 aromatic carbocycles. The highest BCUT2D eigenvalue weighted by molar-refractivity contribution is 6.20. The van der Waals surface area contributed by atoms with Crippen LogP contribution in [-0.4, -0.2) is 58.8 Å². The van der Waals surface area contributed by atoms with Gasteiger partial charge in [0.1, 0.15) is 18.6 Å². The first-order valence-electron chi connectivity index (χ1n) is 13.2. The third-order valence-electron chi connectivity index (χ3n) is 8.93. The standard InChI is InChI=1S/C23H42ClN5O4/c24-18-9-7-16(8-10-18)21(15-27-13-3-5-17-4-1-2-6-22(17)27)26-25-20-12-11-19(28(30)31)14-23(20)29(32)33/h16-20,22-23,25,28-30,32H,1-15H2/p+1. The zero-order valence-electron chi connectivity index (χ0n) is 19.7. The topological polar surface area (TPSA) is 124 Å². The lowest BCUT2D eigenvalue weighted by atomic mass is 9.77. The molecule has 8 unspecified atom stereocenters. The highest BCUT2D eigenvalue weighted by Gasteiger charge is 2.40. The van der Waals surface area contributed by atoms with Gasteiger partial charge in [-0.15, -0.1) is 11.6 Å². The van der Waals surface area contributed by atoms with Gasteiger partial charge in [-0.25, -0.2) is 20.9 Å². The molecule has 9 nitrogen and oxygen atoms in total. The Morgan fingerprint density at radius 3 is 2.39 bits per heavy atom. The molecule has 0 amide bonds. The number of rotatable bonds is 7. The van der Waals surface area contributed by atoms with E-state index >= 15 is 0 Å². The van der Waals surface area contributed by atoms with E-state index in [1.807, 2.05) is 0 Å². The van der Waals surface area contributed by atoms with Crippen LogP contribution in [0, 0.1) is 22.3 Å². The quantitative estimate of drug-likeness (QED) is 0.168. The summed E-state index contributed by atoms with van der Waals surface area (Å²) in [6, 6.07) is -0.864. The molecular formula is C23H43ClN5O4+. The largest absolute Gasteiger partial charge is 0.600 e. The van der Waals surface area contributed by atoms with Gasteiger partial charge in [0, 0.05) is 23.6 Å². The fourth-order valence-corrected chi connectivity index (χ4v) is 7.22. The molecule has 1 aliphatic heterocycles. The highest BCUT2D eigenvalue weighted by atomic mass is 35.5. The number of hydrogen-bond donors (Lipinski definition) is 6. The number of alkyl halides is 1. The van der Waals surface area contributed by atoms with E-state index in [-0.39, 0.29) is 17.8 Å². The molecular weight excluding hydrogens is 446 g/mol. The van der Waals surface area contributed by atoms with E-state index in [4.69, 9.17) is 16.7 Å². The minimum Gasteiger partial charge on any atom is -0.600 e. The van der Waals surface area contributed by atoms with Gasteiger partial charge in [0.15, 0.2) is 0 Å². The van der Waals surface area contributed by atoms with Crippen LogP contribution in [0.25, 0.3) is 0 Å². The normalized spacial score (nSPS) is 42.3. The molecule has 4 aliphatic rings. The number of fused-ring (bicyclic) bond motifs is 1. The Labute approximate surface area is 202 Å². The van der Waals surface area contributed by atoms with Crippen molar-refractivity contribution in [1.29, 1.82) is 0 Å². The van der Waals surface area contributed by atoms with Crippen LogP contribution in [-0.2, 0) is 0 Å². The lowest BCUT2D eigenvalue weighted by Crippen LogP contribution is -3.18. The van der Waals surface area contributed by atoms with Gasteiger partial charge in [-0.1, -0.05) is 6.42 Å². The average molecular weight is 489 g/mol. The molecule has 3 aliphatic carbocycles. The Morgan fingerprint density at radius 2 is 1.67 bits per heavy atom. The van der Waals surface area contributed by atoms with Crippen LogP contribution in [0.5, 0.6) is 0 Å². The van der Waals surface area contributed by atoms with Crippen LogP contribution >= 0.6 is 11.6 Å². The summed E-state index contributed by atoms with van der Waals surface area (Å²) in [6.45, 7) is 2.14. The second kappa shape index (κ2) is 11.9. The summed E-state index contributed by atoms with van der Waals surface area (Å²) < 4.78 is 0. The zero-order valence-corrected chi connectivity index (χ0v) is 20.4. The van der Waals surface area contributed by atoms with E-state index in [2.05, 4.69) is 5.43 Å². The molecule has 0 aromatic heterocycles. The van der Waals surface area contributed by atoms with Gasteiger partial charge < -0.3 is 20.7 Å². The summed E-state index contributed by atoms with van der Waals surface area (Å²) in [5.74, 6) is 1.25. The van der Waals surface area contributed by atoms with Gasteiger partial charge >= 0.3 is 0 Å². The third-order valence-corrected chi connectivity index (χ3v) is 9.37. The van der Waals surface area contributed by atoms with E-state index in [1.54, 1.807) is 4.90 Å². The molecule has 1 saturated heterocycles. The molecule has 0 spiro atoms. The molecule has 1 heterocycles. The molecule has 8 atom stereocenters. The summed E-state index contributed by atoms with van der Waals surface area (Å²) >= 11 is 6.39. The first-order valence-corrected chi connectivity index (χ1v) is 13.6. The molecule has 10 heteroatoms. The number of piperidine rings is 1. The average Bonchev–Trinajstić information content (AvgIpc) is 2.82.